The molecule has 0 heterocycles. The maximum absolute atomic E-state index is 14.8. The maximum atomic E-state index is 14.8. The van der Waals surface area contributed by atoms with Crippen LogP contribution in [0.25, 0.3) is 16.7 Å². The third-order valence-corrected chi connectivity index (χ3v) is 6.24. The topological polar surface area (TPSA) is 148 Å². The van der Waals surface area contributed by atoms with Crippen LogP contribution in [-0.4, -0.2) is 25.4 Å². The van der Waals surface area contributed by atoms with Gasteiger partial charge in [0.2, 0.25) is 10.0 Å². The van der Waals surface area contributed by atoms with Gasteiger partial charge in [-0.05, 0) is 36.3 Å². The monoisotopic (exact) mass is 502 g/mol. The number of halogens is 2. The van der Waals surface area contributed by atoms with Gasteiger partial charge in [0.05, 0.1) is 9.92 Å². The summed E-state index contributed by atoms with van der Waals surface area (Å²) < 4.78 is 38.5. The van der Waals surface area contributed by atoms with Gasteiger partial charge in [0.15, 0.2) is 11.7 Å². The molecule has 0 aliphatic rings. The molecule has 0 spiro atoms. The van der Waals surface area contributed by atoms with Crippen molar-refractivity contribution in [3.05, 3.63) is 88.7 Å². The standard InChI is InChI=1S/C23H20ClFN4O4S/c1-13(14-6-8-15(9-7-14)22(26)29-31)21(25)23(30)28-16-10-11-17(19(24)12-16)18-4-2-3-5-20(18)34(27,32)33/h2-12,31H,1H3,(H2,26,29)(H,28,30)(H2,27,32,33)/b21-13+. The van der Waals surface area contributed by atoms with Gasteiger partial charge >= 0.3 is 0 Å². The van der Waals surface area contributed by atoms with Crippen LogP contribution < -0.4 is 16.2 Å². The summed E-state index contributed by atoms with van der Waals surface area (Å²) >= 11 is 6.33. The van der Waals surface area contributed by atoms with E-state index in [-0.39, 0.29) is 27.0 Å². The van der Waals surface area contributed by atoms with E-state index in [1.807, 2.05) is 0 Å². The van der Waals surface area contributed by atoms with Crippen molar-refractivity contribution in [2.75, 3.05) is 5.32 Å². The van der Waals surface area contributed by atoms with E-state index in [0.717, 1.165) is 0 Å². The van der Waals surface area contributed by atoms with E-state index in [1.165, 1.54) is 61.5 Å². The minimum absolute atomic E-state index is 0.0772. The van der Waals surface area contributed by atoms with Crippen LogP contribution in [0.4, 0.5) is 10.1 Å². The first-order chi connectivity index (χ1) is 16.0. The normalized spacial score (nSPS) is 12.8. The van der Waals surface area contributed by atoms with Crippen LogP contribution >= 0.6 is 11.6 Å². The summed E-state index contributed by atoms with van der Waals surface area (Å²) in [6.07, 6.45) is 0. The van der Waals surface area contributed by atoms with Gasteiger partial charge in [-0.2, -0.15) is 0 Å². The molecule has 0 aliphatic carbocycles. The van der Waals surface area contributed by atoms with Gasteiger partial charge in [0.1, 0.15) is 0 Å². The van der Waals surface area contributed by atoms with E-state index in [0.29, 0.717) is 22.3 Å². The molecular weight excluding hydrogens is 483 g/mol. The molecule has 0 atom stereocenters. The van der Waals surface area contributed by atoms with Crippen molar-refractivity contribution in [1.29, 1.82) is 0 Å². The summed E-state index contributed by atoms with van der Waals surface area (Å²) in [5.41, 5.74) is 7.32. The summed E-state index contributed by atoms with van der Waals surface area (Å²) in [7, 11) is -3.99. The molecule has 34 heavy (non-hydrogen) atoms. The molecule has 0 aliphatic heterocycles. The van der Waals surface area contributed by atoms with E-state index < -0.39 is 21.8 Å². The van der Waals surface area contributed by atoms with Crippen LogP contribution in [0.5, 0.6) is 0 Å². The molecule has 3 rings (SSSR count). The number of nitrogens with one attached hydrogen (secondary N) is 1. The number of amidine groups is 1. The summed E-state index contributed by atoms with van der Waals surface area (Å²) in [6.45, 7) is 1.44. The maximum Gasteiger partial charge on any atom is 0.284 e. The molecule has 0 fully saturated rings. The number of sulfonamides is 1. The Kier molecular flexibility index (Phi) is 7.35. The first kappa shape index (κ1) is 24.9. The van der Waals surface area contributed by atoms with Crippen LogP contribution in [0.15, 0.2) is 82.6 Å². The number of anilines is 1. The number of oxime groups is 1. The SMILES string of the molecule is C/C(=C(\F)C(=O)Nc1ccc(-c2ccccc2S(N)(=O)=O)c(Cl)c1)c1ccc(/C(N)=N/O)cc1. The van der Waals surface area contributed by atoms with Gasteiger partial charge in [-0.1, -0.05) is 65.3 Å². The highest BCUT2D eigenvalue weighted by Crippen LogP contribution is 2.34. The van der Waals surface area contributed by atoms with E-state index in [9.17, 15) is 17.6 Å². The molecule has 3 aromatic rings. The lowest BCUT2D eigenvalue weighted by atomic mass is 10.0. The van der Waals surface area contributed by atoms with Crippen molar-refractivity contribution in [3.8, 4) is 11.1 Å². The number of hydrogen-bond acceptors (Lipinski definition) is 5. The highest BCUT2D eigenvalue weighted by molar-refractivity contribution is 7.89. The summed E-state index contributed by atoms with van der Waals surface area (Å²) in [5, 5.41) is 19.4. The number of primary sulfonamides is 1. The van der Waals surface area contributed by atoms with Gasteiger partial charge in [-0.3, -0.25) is 4.79 Å². The molecule has 6 N–H and O–H groups in total. The zero-order chi connectivity index (χ0) is 25.0. The van der Waals surface area contributed by atoms with E-state index >= 15 is 0 Å². The van der Waals surface area contributed by atoms with E-state index in [2.05, 4.69) is 10.5 Å². The number of allylic oxidation sites excluding steroid dienone is 1. The van der Waals surface area contributed by atoms with Crippen LogP contribution in [0.1, 0.15) is 18.1 Å². The number of amides is 1. The van der Waals surface area contributed by atoms with Gasteiger partial charge in [0, 0.05) is 22.4 Å². The average molecular weight is 503 g/mol. The fourth-order valence-electron chi connectivity index (χ4n) is 3.18. The third-order valence-electron chi connectivity index (χ3n) is 4.96. The minimum atomic E-state index is -3.99. The van der Waals surface area contributed by atoms with Gasteiger partial charge in [0.25, 0.3) is 5.91 Å². The Balaban J connectivity index is 1.85. The van der Waals surface area contributed by atoms with Crippen LogP contribution in [0.3, 0.4) is 0 Å². The lowest BCUT2D eigenvalue weighted by Gasteiger charge is -2.12. The molecule has 0 saturated heterocycles. The Morgan fingerprint density at radius 1 is 1.03 bits per heavy atom. The first-order valence-electron chi connectivity index (χ1n) is 9.70. The second-order valence-corrected chi connectivity index (χ2v) is 9.13. The Morgan fingerprint density at radius 2 is 1.65 bits per heavy atom. The first-order valence-corrected chi connectivity index (χ1v) is 11.6. The van der Waals surface area contributed by atoms with Crippen molar-refractivity contribution in [2.45, 2.75) is 11.8 Å². The van der Waals surface area contributed by atoms with Crippen LogP contribution in [0, 0.1) is 0 Å². The number of carbonyl (C=O) groups is 1. The fourth-order valence-corrected chi connectivity index (χ4v) is 4.22. The van der Waals surface area contributed by atoms with E-state index in [4.69, 9.17) is 27.7 Å². The van der Waals surface area contributed by atoms with Crippen molar-refractivity contribution in [1.82, 2.24) is 0 Å². The van der Waals surface area contributed by atoms with Crippen molar-refractivity contribution < 1.29 is 22.8 Å². The predicted molar refractivity (Wildman–Crippen MR) is 130 cm³/mol. The van der Waals surface area contributed by atoms with Crippen molar-refractivity contribution in [2.24, 2.45) is 16.0 Å². The zero-order valence-electron chi connectivity index (χ0n) is 17.8. The highest BCUT2D eigenvalue weighted by atomic mass is 35.5. The summed E-state index contributed by atoms with van der Waals surface area (Å²) in [5.74, 6) is -2.11. The molecule has 8 nitrogen and oxygen atoms in total. The number of hydrogen-bond donors (Lipinski definition) is 4. The molecule has 1 amide bonds. The third kappa shape index (κ3) is 5.42. The number of nitrogens with zero attached hydrogens (tertiary/aromatic N) is 1. The molecule has 11 heteroatoms. The Bertz CT molecular complexity index is 1420. The van der Waals surface area contributed by atoms with Gasteiger partial charge < -0.3 is 16.3 Å². The molecule has 0 unspecified atom stereocenters. The molecule has 0 aromatic heterocycles. The fraction of sp³-hybridized carbons (Fsp3) is 0.0435. The molecule has 0 saturated carbocycles. The quantitative estimate of drug-likeness (QED) is 0.132. The average Bonchev–Trinajstić information content (AvgIpc) is 2.82. The Morgan fingerprint density at radius 3 is 2.24 bits per heavy atom. The number of carbonyl (C=O) groups excluding carboxylic acids is 1. The van der Waals surface area contributed by atoms with Crippen LogP contribution in [0.2, 0.25) is 5.02 Å². The molecule has 0 radical (unpaired) electrons. The summed E-state index contributed by atoms with van der Waals surface area (Å²) in [6, 6.07) is 16.5. The Hall–Kier alpha value is -3.73. The predicted octanol–water partition coefficient (Wildman–Crippen LogP) is 4.09. The second-order valence-electron chi connectivity index (χ2n) is 7.19. The zero-order valence-corrected chi connectivity index (χ0v) is 19.4. The number of benzene rings is 3. The lowest BCUT2D eigenvalue weighted by molar-refractivity contribution is -0.114. The lowest BCUT2D eigenvalue weighted by Crippen LogP contribution is -2.14. The highest BCUT2D eigenvalue weighted by Gasteiger charge is 2.18. The van der Waals surface area contributed by atoms with Gasteiger partial charge in [-0.25, -0.2) is 17.9 Å². The second kappa shape index (κ2) is 10.0. The molecular formula is C23H20ClFN4O4S. The largest absolute Gasteiger partial charge is 0.409 e. The minimum Gasteiger partial charge on any atom is -0.409 e. The molecule has 176 valence electrons. The smallest absolute Gasteiger partial charge is 0.284 e. The van der Waals surface area contributed by atoms with Crippen molar-refractivity contribution >= 4 is 44.6 Å². The Labute approximate surface area is 200 Å². The van der Waals surface area contributed by atoms with Gasteiger partial charge in [-0.15, -0.1) is 0 Å². The molecule has 0 bridgehead atoms. The van der Waals surface area contributed by atoms with Crippen molar-refractivity contribution in [3.63, 3.8) is 0 Å². The molecule has 3 aromatic carbocycles. The van der Waals surface area contributed by atoms with Crippen LogP contribution in [-0.2, 0) is 14.8 Å². The summed E-state index contributed by atoms with van der Waals surface area (Å²) in [4.78, 5) is 12.3. The number of nitrogens with two attached hydrogens (primary N) is 2. The van der Waals surface area contributed by atoms with E-state index in [1.54, 1.807) is 12.1 Å². The number of rotatable bonds is 6.